The second-order valence-electron chi connectivity index (χ2n) is 5.48. The van der Waals surface area contributed by atoms with Gasteiger partial charge in [0.25, 0.3) is 0 Å². The zero-order valence-electron chi connectivity index (χ0n) is 11.4. The molecule has 3 rings (SSSR count). The maximum Gasteiger partial charge on any atom is 0.334 e. The number of ether oxygens (including phenoxy) is 1. The van der Waals surface area contributed by atoms with Crippen LogP contribution in [0, 0.1) is 11.7 Å². The Morgan fingerprint density at radius 2 is 2.00 bits per heavy atom. The van der Waals surface area contributed by atoms with Crippen LogP contribution in [0.25, 0.3) is 0 Å². The van der Waals surface area contributed by atoms with E-state index in [0.29, 0.717) is 6.54 Å². The molecule has 112 valence electrons. The molecule has 1 heterocycles. The maximum atomic E-state index is 12.9. The Morgan fingerprint density at radius 3 is 2.67 bits per heavy atom. The number of carbonyl (C=O) groups excluding carboxylic acids is 1. The first-order valence-electron chi connectivity index (χ1n) is 6.95. The van der Waals surface area contributed by atoms with Crippen molar-refractivity contribution in [1.82, 2.24) is 4.90 Å². The second-order valence-corrected chi connectivity index (χ2v) is 5.48. The van der Waals surface area contributed by atoms with Gasteiger partial charge in [-0.1, -0.05) is 12.1 Å². The van der Waals surface area contributed by atoms with Crippen molar-refractivity contribution in [2.75, 3.05) is 19.7 Å². The Balaban J connectivity index is 1.62. The average Bonchev–Trinajstić information content (AvgIpc) is 3.28. The average molecular weight is 293 g/mol. The van der Waals surface area contributed by atoms with Gasteiger partial charge in [0.05, 0.1) is 13.2 Å². The third-order valence-electron chi connectivity index (χ3n) is 4.06. The molecule has 1 aliphatic heterocycles. The van der Waals surface area contributed by atoms with Crippen molar-refractivity contribution < 1.29 is 23.8 Å². The summed E-state index contributed by atoms with van der Waals surface area (Å²) in [5.41, 5.74) is 0.956. The standard InChI is InChI=1S/C15H16FNO4/c16-10-3-1-9(2-4-10)11-7-12(11)14(18)17-5-6-21-13(8-17)15(19)20/h1-4,11-13H,5-8H2,(H,19,20)/t11-,12+,13-/m0/s1. The van der Waals surface area contributed by atoms with Gasteiger partial charge in [-0.05, 0) is 30.0 Å². The molecule has 1 aromatic rings. The molecule has 1 saturated heterocycles. The van der Waals surface area contributed by atoms with Crippen LogP contribution in [0.4, 0.5) is 4.39 Å². The van der Waals surface area contributed by atoms with Crippen molar-refractivity contribution in [2.24, 2.45) is 5.92 Å². The quantitative estimate of drug-likeness (QED) is 0.910. The summed E-state index contributed by atoms with van der Waals surface area (Å²) >= 11 is 0. The zero-order valence-corrected chi connectivity index (χ0v) is 11.4. The van der Waals surface area contributed by atoms with Crippen LogP contribution in [0.5, 0.6) is 0 Å². The highest BCUT2D eigenvalue weighted by Gasteiger charge is 2.46. The number of benzene rings is 1. The summed E-state index contributed by atoms with van der Waals surface area (Å²) in [6.45, 7) is 0.771. The Morgan fingerprint density at radius 1 is 1.29 bits per heavy atom. The van der Waals surface area contributed by atoms with Gasteiger partial charge in [-0.2, -0.15) is 0 Å². The number of carboxylic acids is 1. The molecule has 2 fully saturated rings. The molecule has 0 bridgehead atoms. The van der Waals surface area contributed by atoms with E-state index in [4.69, 9.17) is 9.84 Å². The molecule has 1 aliphatic carbocycles. The highest BCUT2D eigenvalue weighted by molar-refractivity contribution is 5.84. The van der Waals surface area contributed by atoms with Crippen LogP contribution in [0.3, 0.4) is 0 Å². The first-order chi connectivity index (χ1) is 10.1. The Bertz CT molecular complexity index is 559. The first kappa shape index (κ1) is 14.0. The van der Waals surface area contributed by atoms with E-state index in [9.17, 15) is 14.0 Å². The Kier molecular flexibility index (Phi) is 3.63. The number of morpholine rings is 1. The maximum absolute atomic E-state index is 12.9. The summed E-state index contributed by atoms with van der Waals surface area (Å²) in [5.74, 6) is -1.37. The molecule has 21 heavy (non-hydrogen) atoms. The van der Waals surface area contributed by atoms with Crippen LogP contribution in [-0.2, 0) is 14.3 Å². The van der Waals surface area contributed by atoms with Crippen LogP contribution in [0.15, 0.2) is 24.3 Å². The van der Waals surface area contributed by atoms with Gasteiger partial charge in [-0.15, -0.1) is 0 Å². The Labute approximate surface area is 121 Å². The number of hydrogen-bond acceptors (Lipinski definition) is 3. The molecule has 0 radical (unpaired) electrons. The monoisotopic (exact) mass is 293 g/mol. The van der Waals surface area contributed by atoms with Gasteiger partial charge in [0.15, 0.2) is 6.10 Å². The largest absolute Gasteiger partial charge is 0.479 e. The molecule has 0 unspecified atom stereocenters. The predicted molar refractivity (Wildman–Crippen MR) is 71.2 cm³/mol. The number of aliphatic carboxylic acids is 1. The van der Waals surface area contributed by atoms with Gasteiger partial charge in [0.1, 0.15) is 5.82 Å². The summed E-state index contributed by atoms with van der Waals surface area (Å²) in [7, 11) is 0. The fraction of sp³-hybridized carbons (Fsp3) is 0.467. The third kappa shape index (κ3) is 2.90. The summed E-state index contributed by atoms with van der Waals surface area (Å²) in [4.78, 5) is 24.9. The fourth-order valence-electron chi connectivity index (χ4n) is 2.78. The number of halogens is 1. The second kappa shape index (κ2) is 5.44. The highest BCUT2D eigenvalue weighted by atomic mass is 19.1. The summed E-state index contributed by atoms with van der Waals surface area (Å²) in [6, 6.07) is 6.19. The van der Waals surface area contributed by atoms with Crippen LogP contribution >= 0.6 is 0 Å². The lowest BCUT2D eigenvalue weighted by molar-refractivity contribution is -0.159. The minimum Gasteiger partial charge on any atom is -0.479 e. The fourth-order valence-corrected chi connectivity index (χ4v) is 2.78. The molecule has 2 aliphatic rings. The van der Waals surface area contributed by atoms with Crippen molar-refractivity contribution in [3.05, 3.63) is 35.6 Å². The first-order valence-corrected chi connectivity index (χ1v) is 6.95. The van der Waals surface area contributed by atoms with Gasteiger partial charge in [-0.25, -0.2) is 9.18 Å². The molecule has 1 saturated carbocycles. The molecule has 0 spiro atoms. The van der Waals surface area contributed by atoms with Crippen molar-refractivity contribution in [3.8, 4) is 0 Å². The van der Waals surface area contributed by atoms with Crippen LogP contribution in [-0.4, -0.2) is 47.7 Å². The van der Waals surface area contributed by atoms with Gasteiger partial charge in [0.2, 0.25) is 5.91 Å². The summed E-state index contributed by atoms with van der Waals surface area (Å²) < 4.78 is 18.0. The number of carboxylic acid groups (broad SMARTS) is 1. The van der Waals surface area contributed by atoms with Gasteiger partial charge < -0.3 is 14.7 Å². The van der Waals surface area contributed by atoms with Crippen molar-refractivity contribution >= 4 is 11.9 Å². The smallest absolute Gasteiger partial charge is 0.334 e. The van der Waals surface area contributed by atoms with E-state index in [1.165, 1.54) is 12.1 Å². The van der Waals surface area contributed by atoms with E-state index >= 15 is 0 Å². The summed E-state index contributed by atoms with van der Waals surface area (Å²) in [5, 5.41) is 8.95. The van der Waals surface area contributed by atoms with Crippen LogP contribution in [0.2, 0.25) is 0 Å². The molecular weight excluding hydrogens is 277 g/mol. The molecule has 3 atom stereocenters. The highest BCUT2D eigenvalue weighted by Crippen LogP contribution is 2.48. The van der Waals surface area contributed by atoms with E-state index in [1.54, 1.807) is 17.0 Å². The van der Waals surface area contributed by atoms with Crippen molar-refractivity contribution in [2.45, 2.75) is 18.4 Å². The van der Waals surface area contributed by atoms with Gasteiger partial charge in [-0.3, -0.25) is 4.79 Å². The van der Waals surface area contributed by atoms with Gasteiger partial charge >= 0.3 is 5.97 Å². The van der Waals surface area contributed by atoms with E-state index < -0.39 is 12.1 Å². The normalized spacial score (nSPS) is 28.2. The molecular formula is C15H16FNO4. The molecule has 1 N–H and O–H groups in total. The van der Waals surface area contributed by atoms with E-state index in [-0.39, 0.29) is 36.7 Å². The van der Waals surface area contributed by atoms with E-state index in [0.717, 1.165) is 12.0 Å². The van der Waals surface area contributed by atoms with Crippen molar-refractivity contribution in [3.63, 3.8) is 0 Å². The predicted octanol–water partition coefficient (Wildman–Crippen LogP) is 1.24. The number of amides is 1. The Hall–Kier alpha value is -1.95. The minimum atomic E-state index is -1.04. The number of carbonyl (C=O) groups is 2. The lowest BCUT2D eigenvalue weighted by atomic mass is 10.1. The summed E-state index contributed by atoms with van der Waals surface area (Å²) in [6.07, 6.45) is -0.203. The van der Waals surface area contributed by atoms with Crippen LogP contribution in [0.1, 0.15) is 17.9 Å². The van der Waals surface area contributed by atoms with E-state index in [1.807, 2.05) is 0 Å². The number of hydrogen-bond donors (Lipinski definition) is 1. The molecule has 0 aromatic heterocycles. The third-order valence-corrected chi connectivity index (χ3v) is 4.06. The number of rotatable bonds is 3. The van der Waals surface area contributed by atoms with Crippen molar-refractivity contribution in [1.29, 1.82) is 0 Å². The zero-order chi connectivity index (χ0) is 15.0. The van der Waals surface area contributed by atoms with Crippen LogP contribution < -0.4 is 0 Å². The lowest BCUT2D eigenvalue weighted by Crippen LogP contribution is -2.49. The molecule has 1 amide bonds. The molecule has 1 aromatic carbocycles. The molecule has 6 heteroatoms. The number of nitrogens with zero attached hydrogens (tertiary/aromatic N) is 1. The topological polar surface area (TPSA) is 66.8 Å². The molecule has 5 nitrogen and oxygen atoms in total. The minimum absolute atomic E-state index is 0.0288. The van der Waals surface area contributed by atoms with Gasteiger partial charge in [0, 0.05) is 12.5 Å². The van der Waals surface area contributed by atoms with E-state index in [2.05, 4.69) is 0 Å². The lowest BCUT2D eigenvalue weighted by Gasteiger charge is -2.31. The SMILES string of the molecule is O=C(O)[C@@H]1CN(C(=O)[C@@H]2C[C@H]2c2ccc(F)cc2)CCO1.